The van der Waals surface area contributed by atoms with Crippen LogP contribution in [0.4, 0.5) is 8.78 Å². The number of likely N-dealkylation sites (tertiary alicyclic amines) is 1. The van der Waals surface area contributed by atoms with Crippen molar-refractivity contribution in [1.82, 2.24) is 9.80 Å². The Morgan fingerprint density at radius 2 is 1.76 bits per heavy atom. The van der Waals surface area contributed by atoms with Crippen molar-refractivity contribution < 1.29 is 8.78 Å². The summed E-state index contributed by atoms with van der Waals surface area (Å²) in [5.41, 5.74) is 6.03. The van der Waals surface area contributed by atoms with Gasteiger partial charge in [-0.15, -0.1) is 0 Å². The fourth-order valence-electron chi connectivity index (χ4n) is 3.90. The van der Waals surface area contributed by atoms with E-state index in [1.54, 1.807) is 0 Å². The Morgan fingerprint density at radius 1 is 1.19 bits per heavy atom. The van der Waals surface area contributed by atoms with Crippen LogP contribution in [0.3, 0.4) is 0 Å². The lowest BCUT2D eigenvalue weighted by atomic mass is 9.82. The Balaban J connectivity index is 1.98. The molecule has 1 aliphatic heterocycles. The molecule has 1 heterocycles. The summed E-state index contributed by atoms with van der Waals surface area (Å²) in [4.78, 5) is 4.63. The van der Waals surface area contributed by atoms with Gasteiger partial charge >= 0.3 is 0 Å². The molecule has 3 nitrogen and oxygen atoms in total. The molecule has 2 rings (SSSR count). The fourth-order valence-corrected chi connectivity index (χ4v) is 3.90. The number of halogens is 2. The molecule has 1 aliphatic carbocycles. The highest BCUT2D eigenvalue weighted by atomic mass is 19.3. The minimum atomic E-state index is -2.70. The Bertz CT molecular complexity index is 351. The van der Waals surface area contributed by atoms with Crippen molar-refractivity contribution >= 4 is 0 Å². The molecule has 0 aromatic heterocycles. The molecular weight excluding hydrogens is 272 g/mol. The zero-order chi connectivity index (χ0) is 15.8. The van der Waals surface area contributed by atoms with Crippen LogP contribution < -0.4 is 5.73 Å². The molecule has 0 spiro atoms. The van der Waals surface area contributed by atoms with E-state index in [2.05, 4.69) is 37.6 Å². The maximum absolute atomic E-state index is 13.8. The molecule has 5 heteroatoms. The highest BCUT2D eigenvalue weighted by molar-refractivity contribution is 5.00. The maximum Gasteiger partial charge on any atom is 0.264 e. The second-order valence-corrected chi connectivity index (χ2v) is 7.48. The first kappa shape index (κ1) is 17.1. The SMILES string of the molecule is CC(C)N(C)C1(C)CCN([C@H]2CCCC(F)(F)[C@@H]2N)CC1. The summed E-state index contributed by atoms with van der Waals surface area (Å²) in [5.74, 6) is -2.70. The van der Waals surface area contributed by atoms with Crippen molar-refractivity contribution in [2.45, 2.75) is 82.5 Å². The molecule has 1 saturated carbocycles. The lowest BCUT2D eigenvalue weighted by Crippen LogP contribution is -2.62. The monoisotopic (exact) mass is 303 g/mol. The lowest BCUT2D eigenvalue weighted by Gasteiger charge is -2.50. The van der Waals surface area contributed by atoms with Gasteiger partial charge in [0, 0.05) is 37.1 Å². The van der Waals surface area contributed by atoms with Gasteiger partial charge in [-0.3, -0.25) is 9.80 Å². The molecule has 0 aromatic carbocycles. The fraction of sp³-hybridized carbons (Fsp3) is 1.00. The summed E-state index contributed by atoms with van der Waals surface area (Å²) in [6, 6.07) is -0.649. The van der Waals surface area contributed by atoms with Gasteiger partial charge in [-0.25, -0.2) is 8.78 Å². The molecule has 124 valence electrons. The van der Waals surface area contributed by atoms with E-state index in [0.29, 0.717) is 12.5 Å². The van der Waals surface area contributed by atoms with E-state index in [1.165, 1.54) is 0 Å². The summed E-state index contributed by atoms with van der Waals surface area (Å²) < 4.78 is 27.7. The molecule has 1 saturated heterocycles. The first-order valence-corrected chi connectivity index (χ1v) is 8.28. The molecule has 2 aliphatic rings. The zero-order valence-electron chi connectivity index (χ0n) is 13.9. The van der Waals surface area contributed by atoms with Crippen LogP contribution in [0.1, 0.15) is 52.9 Å². The predicted molar refractivity (Wildman–Crippen MR) is 82.7 cm³/mol. The second kappa shape index (κ2) is 6.09. The number of hydrogen-bond donors (Lipinski definition) is 1. The largest absolute Gasteiger partial charge is 0.321 e. The van der Waals surface area contributed by atoms with Crippen LogP contribution >= 0.6 is 0 Å². The summed E-state index contributed by atoms with van der Waals surface area (Å²) >= 11 is 0. The van der Waals surface area contributed by atoms with E-state index in [9.17, 15) is 8.78 Å². The van der Waals surface area contributed by atoms with Crippen LogP contribution in [0.25, 0.3) is 0 Å². The topological polar surface area (TPSA) is 32.5 Å². The van der Waals surface area contributed by atoms with Crippen LogP contribution in [-0.2, 0) is 0 Å². The van der Waals surface area contributed by atoms with Crippen LogP contribution in [-0.4, -0.2) is 59.5 Å². The summed E-state index contributed by atoms with van der Waals surface area (Å²) in [5, 5.41) is 0. The highest BCUT2D eigenvalue weighted by Crippen LogP contribution is 2.37. The van der Waals surface area contributed by atoms with Crippen LogP contribution in [0.5, 0.6) is 0 Å². The predicted octanol–water partition coefficient (Wildman–Crippen LogP) is 2.70. The number of alkyl halides is 2. The average molecular weight is 303 g/mol. The minimum Gasteiger partial charge on any atom is -0.321 e. The maximum atomic E-state index is 13.8. The molecule has 0 radical (unpaired) electrons. The first-order valence-electron chi connectivity index (χ1n) is 8.28. The molecule has 2 atom stereocenters. The molecule has 21 heavy (non-hydrogen) atoms. The standard InChI is InChI=1S/C16H31F2N3/c1-12(2)20(4)15(3)8-10-21(11-9-15)13-6-5-7-16(17,18)14(13)19/h12-14H,5-11,19H2,1-4H3/t13-,14+/m0/s1. The molecule has 0 bridgehead atoms. The number of hydrogen-bond acceptors (Lipinski definition) is 3. The molecule has 0 amide bonds. The van der Waals surface area contributed by atoms with Crippen molar-refractivity contribution in [1.29, 1.82) is 0 Å². The van der Waals surface area contributed by atoms with Crippen molar-refractivity contribution in [2.75, 3.05) is 20.1 Å². The van der Waals surface area contributed by atoms with E-state index in [-0.39, 0.29) is 18.0 Å². The summed E-state index contributed by atoms with van der Waals surface area (Å²) in [6.07, 6.45) is 3.40. The average Bonchev–Trinajstić information content (AvgIpc) is 2.42. The summed E-state index contributed by atoms with van der Waals surface area (Å²) in [6.45, 7) is 8.45. The van der Waals surface area contributed by atoms with E-state index in [4.69, 9.17) is 5.73 Å². The molecule has 0 aromatic rings. The normalized spacial score (nSPS) is 33.6. The van der Waals surface area contributed by atoms with Gasteiger partial charge in [0.05, 0.1) is 6.04 Å². The van der Waals surface area contributed by atoms with Crippen molar-refractivity contribution in [2.24, 2.45) is 5.73 Å². The van der Waals surface area contributed by atoms with Crippen molar-refractivity contribution in [3.63, 3.8) is 0 Å². The van der Waals surface area contributed by atoms with Gasteiger partial charge in [0.25, 0.3) is 5.92 Å². The smallest absolute Gasteiger partial charge is 0.264 e. The third-order valence-electron chi connectivity index (χ3n) is 5.88. The molecular formula is C16H31F2N3. The zero-order valence-corrected chi connectivity index (χ0v) is 13.9. The van der Waals surface area contributed by atoms with Gasteiger partial charge in [0.2, 0.25) is 0 Å². The third kappa shape index (κ3) is 3.40. The van der Waals surface area contributed by atoms with E-state index < -0.39 is 12.0 Å². The Kier molecular flexibility index (Phi) is 4.96. The third-order valence-corrected chi connectivity index (χ3v) is 5.88. The van der Waals surface area contributed by atoms with Gasteiger partial charge in [-0.1, -0.05) is 0 Å². The van der Waals surface area contributed by atoms with Gasteiger partial charge < -0.3 is 5.73 Å². The van der Waals surface area contributed by atoms with Gasteiger partial charge in [0.15, 0.2) is 0 Å². The van der Waals surface area contributed by atoms with Crippen LogP contribution in [0.2, 0.25) is 0 Å². The highest BCUT2D eigenvalue weighted by Gasteiger charge is 2.48. The van der Waals surface area contributed by atoms with Crippen LogP contribution in [0.15, 0.2) is 0 Å². The number of piperidine rings is 1. The van der Waals surface area contributed by atoms with Gasteiger partial charge in [-0.2, -0.15) is 0 Å². The second-order valence-electron chi connectivity index (χ2n) is 7.48. The van der Waals surface area contributed by atoms with E-state index >= 15 is 0 Å². The number of nitrogens with two attached hydrogens (primary N) is 1. The molecule has 0 unspecified atom stereocenters. The quantitative estimate of drug-likeness (QED) is 0.870. The first-order chi connectivity index (χ1) is 9.67. The van der Waals surface area contributed by atoms with E-state index in [1.807, 2.05) is 0 Å². The van der Waals surface area contributed by atoms with Gasteiger partial charge in [0.1, 0.15) is 0 Å². The minimum absolute atomic E-state index is 0.0493. The van der Waals surface area contributed by atoms with Gasteiger partial charge in [-0.05, 0) is 53.5 Å². The Hall–Kier alpha value is -0.260. The van der Waals surface area contributed by atoms with Crippen molar-refractivity contribution in [3.8, 4) is 0 Å². The summed E-state index contributed by atoms with van der Waals surface area (Å²) in [7, 11) is 2.17. The van der Waals surface area contributed by atoms with Crippen LogP contribution in [0, 0.1) is 0 Å². The lowest BCUT2D eigenvalue weighted by molar-refractivity contribution is -0.0911. The van der Waals surface area contributed by atoms with E-state index in [0.717, 1.165) is 32.4 Å². The molecule has 2 N–H and O–H groups in total. The number of rotatable bonds is 3. The van der Waals surface area contributed by atoms with Crippen molar-refractivity contribution in [3.05, 3.63) is 0 Å². The number of nitrogens with zero attached hydrogens (tertiary/aromatic N) is 2. The Morgan fingerprint density at radius 3 is 2.29 bits per heavy atom. The molecule has 2 fully saturated rings. The Labute approximate surface area is 127 Å².